The molecule has 84 valence electrons. The highest BCUT2D eigenvalue weighted by molar-refractivity contribution is 7.79. The first-order valence-electron chi connectivity index (χ1n) is 4.22. The molecule has 0 unspecified atom stereocenters. The van der Waals surface area contributed by atoms with Crippen LogP contribution in [0.15, 0.2) is 18.2 Å². The highest BCUT2D eigenvalue weighted by Gasteiger charge is 2.38. The molecule has 1 aromatic carbocycles. The maximum Gasteiger partial charge on any atom is 0.471 e. The van der Waals surface area contributed by atoms with E-state index in [9.17, 15) is 18.0 Å². The molecule has 1 rings (SSSR count). The molecule has 0 saturated heterocycles. The fourth-order valence-corrected chi connectivity index (χ4v) is 1.44. The smallest absolute Gasteiger partial charge is 0.318 e. The zero-order valence-electron chi connectivity index (χ0n) is 8.01. The molecule has 0 aromatic heterocycles. The fourth-order valence-electron chi connectivity index (χ4n) is 1.09. The number of benzene rings is 1. The van der Waals surface area contributed by atoms with E-state index < -0.39 is 12.1 Å². The minimum Gasteiger partial charge on any atom is -0.318 e. The number of alkyl halides is 3. The predicted octanol–water partition coefficient (Wildman–Crippen LogP) is 1.41. The zero-order valence-corrected chi connectivity index (χ0v) is 8.90. The molecule has 0 aliphatic rings. The highest BCUT2D eigenvalue weighted by Crippen LogP contribution is 2.20. The summed E-state index contributed by atoms with van der Waals surface area (Å²) in [5, 5.41) is 1.75. The average molecular weight is 245 g/mol. The zero-order chi connectivity index (χ0) is 12.3. The Hall–Kier alpha value is -1.11. The summed E-state index contributed by atoms with van der Waals surface area (Å²) in [7, 11) is 5.54. The minimum atomic E-state index is -4.92. The molecule has 1 N–H and O–H groups in total. The Kier molecular flexibility index (Phi) is 3.90. The summed E-state index contributed by atoms with van der Waals surface area (Å²) >= 11 is 3.93. The number of hydrogen-bond acceptors (Lipinski definition) is 2. The molecule has 7 heteroatoms. The third-order valence-corrected chi connectivity index (χ3v) is 2.19. The van der Waals surface area contributed by atoms with Gasteiger partial charge in [-0.15, -0.1) is 0 Å². The molecule has 1 amide bonds. The summed E-state index contributed by atoms with van der Waals surface area (Å²) in [5.41, 5.74) is 0.677. The Labute approximate surface area is 97.0 Å². The second-order valence-electron chi connectivity index (χ2n) is 2.98. The molecule has 0 saturated carbocycles. The van der Waals surface area contributed by atoms with E-state index in [1.165, 1.54) is 18.2 Å². The third kappa shape index (κ3) is 2.94. The quantitative estimate of drug-likeness (QED) is 0.598. The molecular weight excluding hydrogens is 238 g/mol. The average Bonchev–Trinajstić information content (AvgIpc) is 2.16. The lowest BCUT2D eigenvalue weighted by Gasteiger charge is -2.13. The van der Waals surface area contributed by atoms with E-state index in [1.807, 2.05) is 0 Å². The fraction of sp³-hybridized carbons (Fsp3) is 0.222. The first-order chi connectivity index (χ1) is 7.36. The van der Waals surface area contributed by atoms with Crippen molar-refractivity contribution in [2.45, 2.75) is 11.9 Å². The molecule has 0 aliphatic heterocycles. The Morgan fingerprint density at radius 2 is 2.06 bits per heavy atom. The van der Waals surface area contributed by atoms with E-state index in [2.05, 4.69) is 12.6 Å². The highest BCUT2D eigenvalue weighted by atomic mass is 32.1. The first-order valence-corrected chi connectivity index (χ1v) is 4.86. The van der Waals surface area contributed by atoms with Crippen molar-refractivity contribution in [2.75, 3.05) is 5.32 Å². The normalized spacial score (nSPS) is 11.2. The SMILES string of the molecule is [B]c1cccc(NC(=O)C(F)(F)F)c1CS. The van der Waals surface area contributed by atoms with Crippen molar-refractivity contribution in [3.05, 3.63) is 23.8 Å². The second-order valence-corrected chi connectivity index (χ2v) is 3.30. The molecule has 0 spiro atoms. The van der Waals surface area contributed by atoms with Gasteiger partial charge in [-0.05, 0) is 11.6 Å². The van der Waals surface area contributed by atoms with Crippen LogP contribution in [0.5, 0.6) is 0 Å². The van der Waals surface area contributed by atoms with Gasteiger partial charge in [0.05, 0.1) is 0 Å². The summed E-state index contributed by atoms with van der Waals surface area (Å²) in [5.74, 6) is -1.89. The van der Waals surface area contributed by atoms with E-state index in [0.29, 0.717) is 5.56 Å². The lowest BCUT2D eigenvalue weighted by molar-refractivity contribution is -0.167. The Bertz CT molecular complexity index is 408. The lowest BCUT2D eigenvalue weighted by atomic mass is 9.90. The number of nitrogens with one attached hydrogen (secondary N) is 1. The summed E-state index contributed by atoms with van der Waals surface area (Å²) in [6.07, 6.45) is -4.92. The van der Waals surface area contributed by atoms with Crippen molar-refractivity contribution in [1.29, 1.82) is 0 Å². The molecule has 0 atom stereocenters. The number of halogens is 3. The molecule has 0 fully saturated rings. The Morgan fingerprint density at radius 3 is 2.56 bits per heavy atom. The maximum absolute atomic E-state index is 12.0. The topological polar surface area (TPSA) is 29.1 Å². The number of rotatable bonds is 2. The molecule has 2 radical (unpaired) electrons. The number of anilines is 1. The first kappa shape index (κ1) is 13.0. The second kappa shape index (κ2) is 4.82. The van der Waals surface area contributed by atoms with Gasteiger partial charge in [0.15, 0.2) is 0 Å². The van der Waals surface area contributed by atoms with E-state index in [-0.39, 0.29) is 16.9 Å². The number of carbonyl (C=O) groups is 1. The van der Waals surface area contributed by atoms with Crippen molar-refractivity contribution < 1.29 is 18.0 Å². The molecule has 0 bridgehead atoms. The van der Waals surface area contributed by atoms with Crippen LogP contribution in [0, 0.1) is 0 Å². The van der Waals surface area contributed by atoms with Crippen molar-refractivity contribution >= 4 is 37.5 Å². The number of carbonyl (C=O) groups excluding carboxylic acids is 1. The van der Waals surface area contributed by atoms with E-state index >= 15 is 0 Å². The predicted molar refractivity (Wildman–Crippen MR) is 59.2 cm³/mol. The molecule has 2 nitrogen and oxygen atoms in total. The van der Waals surface area contributed by atoms with Crippen LogP contribution in [-0.4, -0.2) is 19.9 Å². The van der Waals surface area contributed by atoms with Crippen molar-refractivity contribution in [3.63, 3.8) is 0 Å². The van der Waals surface area contributed by atoms with Gasteiger partial charge in [-0.25, -0.2) is 0 Å². The summed E-state index contributed by atoms with van der Waals surface area (Å²) < 4.78 is 36.0. The number of thiol groups is 1. The van der Waals surface area contributed by atoms with Gasteiger partial charge in [0.25, 0.3) is 0 Å². The maximum atomic E-state index is 12.0. The molecular formula is C9H7BF3NOS. The Balaban J connectivity index is 2.98. The largest absolute Gasteiger partial charge is 0.471 e. The van der Waals surface area contributed by atoms with Gasteiger partial charge in [-0.3, -0.25) is 4.79 Å². The van der Waals surface area contributed by atoms with E-state index in [0.717, 1.165) is 0 Å². The van der Waals surface area contributed by atoms with Crippen LogP contribution in [0.1, 0.15) is 5.56 Å². The van der Waals surface area contributed by atoms with E-state index in [4.69, 9.17) is 7.85 Å². The third-order valence-electron chi connectivity index (χ3n) is 1.88. The van der Waals surface area contributed by atoms with Crippen molar-refractivity contribution in [1.82, 2.24) is 0 Å². The van der Waals surface area contributed by atoms with Gasteiger partial charge in [-0.2, -0.15) is 25.8 Å². The van der Waals surface area contributed by atoms with Gasteiger partial charge in [-0.1, -0.05) is 17.6 Å². The van der Waals surface area contributed by atoms with Crippen LogP contribution >= 0.6 is 12.6 Å². The number of amides is 1. The van der Waals surface area contributed by atoms with Gasteiger partial charge in [0.2, 0.25) is 0 Å². The molecule has 0 aliphatic carbocycles. The van der Waals surface area contributed by atoms with Crippen LogP contribution in [0.4, 0.5) is 18.9 Å². The molecule has 0 heterocycles. The van der Waals surface area contributed by atoms with Crippen LogP contribution < -0.4 is 10.8 Å². The van der Waals surface area contributed by atoms with Crippen molar-refractivity contribution in [3.8, 4) is 0 Å². The standard InChI is InChI=1S/C9H7BF3NOS/c10-6-2-1-3-7(5(6)4-16)14-8(15)9(11,12)13/h1-3,16H,4H2,(H,14,15). The van der Waals surface area contributed by atoms with Crippen molar-refractivity contribution in [2.24, 2.45) is 0 Å². The van der Waals surface area contributed by atoms with Gasteiger partial charge >= 0.3 is 12.1 Å². The summed E-state index contributed by atoms with van der Waals surface area (Å²) in [6, 6.07) is 4.31. The van der Waals surface area contributed by atoms with Crippen LogP contribution in [0.25, 0.3) is 0 Å². The molecule has 16 heavy (non-hydrogen) atoms. The van der Waals surface area contributed by atoms with E-state index in [1.54, 1.807) is 5.32 Å². The summed E-state index contributed by atoms with van der Waals surface area (Å²) in [6.45, 7) is 0. The lowest BCUT2D eigenvalue weighted by Crippen LogP contribution is -2.31. The molecule has 1 aromatic rings. The van der Waals surface area contributed by atoms with Gasteiger partial charge in [0, 0.05) is 11.4 Å². The van der Waals surface area contributed by atoms with Crippen LogP contribution in [-0.2, 0) is 10.5 Å². The minimum absolute atomic E-state index is 0.0253. The Morgan fingerprint density at radius 1 is 1.44 bits per heavy atom. The van der Waals surface area contributed by atoms with Gasteiger partial charge < -0.3 is 5.32 Å². The summed E-state index contributed by atoms with van der Waals surface area (Å²) in [4.78, 5) is 10.7. The van der Waals surface area contributed by atoms with Crippen LogP contribution in [0.3, 0.4) is 0 Å². The monoisotopic (exact) mass is 245 g/mol. The number of hydrogen-bond donors (Lipinski definition) is 2. The van der Waals surface area contributed by atoms with Gasteiger partial charge in [0.1, 0.15) is 7.85 Å². The van der Waals surface area contributed by atoms with Crippen LogP contribution in [0.2, 0.25) is 0 Å².